The topological polar surface area (TPSA) is 95.0 Å². The molecule has 4 aromatic rings. The Bertz CT molecular complexity index is 1600. The molecule has 9 nitrogen and oxygen atoms in total. The number of rotatable bonds is 7. The average molecular weight is 595 g/mol. The SMILES string of the molecule is COc1cnc(O[C@@H]2CCN(C(=O)[C@@H](Nc3nc(-c4ccc5c(c4)OCO5)cs3)C(C)(C)C)C2)c2cc(Cl)ccc12. The summed E-state index contributed by atoms with van der Waals surface area (Å²) < 4.78 is 22.7. The molecule has 1 saturated heterocycles. The van der Waals surface area contributed by atoms with Crippen LogP contribution in [0.15, 0.2) is 48.0 Å². The van der Waals surface area contributed by atoms with Crippen molar-refractivity contribution in [3.05, 3.63) is 53.0 Å². The number of hydrogen-bond donors (Lipinski definition) is 1. The van der Waals surface area contributed by atoms with Crippen molar-refractivity contribution in [1.82, 2.24) is 14.9 Å². The molecule has 0 saturated carbocycles. The molecule has 2 aromatic carbocycles. The van der Waals surface area contributed by atoms with E-state index < -0.39 is 6.04 Å². The zero-order chi connectivity index (χ0) is 28.7. The second kappa shape index (κ2) is 10.9. The van der Waals surface area contributed by atoms with Gasteiger partial charge in [0.1, 0.15) is 17.9 Å². The van der Waals surface area contributed by atoms with Gasteiger partial charge in [-0.2, -0.15) is 0 Å². The number of anilines is 1. The molecule has 2 aromatic heterocycles. The van der Waals surface area contributed by atoms with Gasteiger partial charge in [0.05, 0.1) is 25.5 Å². The normalized spacial score (nSPS) is 17.1. The van der Waals surface area contributed by atoms with Crippen molar-refractivity contribution >= 4 is 44.7 Å². The summed E-state index contributed by atoms with van der Waals surface area (Å²) in [6.45, 7) is 7.43. The molecule has 1 amide bonds. The first-order valence-electron chi connectivity index (χ1n) is 13.4. The minimum absolute atomic E-state index is 0.0130. The van der Waals surface area contributed by atoms with Crippen molar-refractivity contribution < 1.29 is 23.7 Å². The number of carbonyl (C=O) groups excluding carboxylic acids is 1. The molecule has 0 unspecified atom stereocenters. The third-order valence-electron chi connectivity index (χ3n) is 7.28. The second-order valence-electron chi connectivity index (χ2n) is 11.2. The zero-order valence-corrected chi connectivity index (χ0v) is 24.8. The molecule has 2 aliphatic heterocycles. The van der Waals surface area contributed by atoms with Crippen molar-refractivity contribution in [2.24, 2.45) is 5.41 Å². The second-order valence-corrected chi connectivity index (χ2v) is 12.5. The molecule has 0 aliphatic carbocycles. The molecule has 6 rings (SSSR count). The number of pyridine rings is 1. The molecule has 2 atom stereocenters. The van der Waals surface area contributed by atoms with E-state index in [1.807, 2.05) is 46.7 Å². The largest absolute Gasteiger partial charge is 0.494 e. The lowest BCUT2D eigenvalue weighted by Gasteiger charge is -2.33. The molecule has 0 radical (unpaired) electrons. The van der Waals surface area contributed by atoms with Gasteiger partial charge in [0.2, 0.25) is 18.6 Å². The van der Waals surface area contributed by atoms with Gasteiger partial charge < -0.3 is 29.2 Å². The van der Waals surface area contributed by atoms with Gasteiger partial charge in [0.15, 0.2) is 16.6 Å². The summed E-state index contributed by atoms with van der Waals surface area (Å²) in [5, 5.41) is 8.31. The minimum atomic E-state index is -0.476. The number of methoxy groups -OCH3 is 1. The maximum Gasteiger partial charge on any atom is 0.245 e. The highest BCUT2D eigenvalue weighted by Gasteiger charge is 2.38. The number of ether oxygens (including phenoxy) is 4. The van der Waals surface area contributed by atoms with Gasteiger partial charge in [-0.15, -0.1) is 11.3 Å². The van der Waals surface area contributed by atoms with E-state index in [4.69, 9.17) is 35.5 Å². The smallest absolute Gasteiger partial charge is 0.245 e. The van der Waals surface area contributed by atoms with E-state index in [1.54, 1.807) is 13.3 Å². The Morgan fingerprint density at radius 1 is 1.17 bits per heavy atom. The summed E-state index contributed by atoms with van der Waals surface area (Å²) in [6.07, 6.45) is 2.15. The van der Waals surface area contributed by atoms with Gasteiger partial charge >= 0.3 is 0 Å². The lowest BCUT2D eigenvalue weighted by molar-refractivity contribution is -0.133. The Morgan fingerprint density at radius 3 is 2.80 bits per heavy atom. The number of fused-ring (bicyclic) bond motifs is 2. The highest BCUT2D eigenvalue weighted by atomic mass is 35.5. The molecule has 41 heavy (non-hydrogen) atoms. The summed E-state index contributed by atoms with van der Waals surface area (Å²) in [5.74, 6) is 2.58. The van der Waals surface area contributed by atoms with Crippen molar-refractivity contribution in [2.75, 3.05) is 32.3 Å². The Balaban J connectivity index is 1.16. The van der Waals surface area contributed by atoms with Crippen molar-refractivity contribution in [1.29, 1.82) is 0 Å². The standard InChI is InChI=1S/C30H31ClN4O5S/c1-30(2,3)26(34-29-33-22(15-41-29)17-5-8-23-24(11-17)39-16-38-23)28(36)35-10-9-19(14-35)40-27-21-12-18(31)6-7-20(21)25(37-4)13-32-27/h5-8,11-13,15,19,26H,9-10,14,16H2,1-4H3,(H,33,34)/t19-,26-/m1/s1. The number of aromatic nitrogens is 2. The first kappa shape index (κ1) is 27.4. The van der Waals surface area contributed by atoms with Crippen LogP contribution in [-0.4, -0.2) is 59.9 Å². The van der Waals surface area contributed by atoms with Gasteiger partial charge in [0, 0.05) is 39.7 Å². The Kier molecular flexibility index (Phi) is 7.29. The number of thiazole rings is 1. The van der Waals surface area contributed by atoms with Gasteiger partial charge in [-0.1, -0.05) is 32.4 Å². The molecule has 1 N–H and O–H groups in total. The van der Waals surface area contributed by atoms with Crippen LogP contribution in [0.4, 0.5) is 5.13 Å². The maximum absolute atomic E-state index is 13.8. The predicted octanol–water partition coefficient (Wildman–Crippen LogP) is 6.26. The van der Waals surface area contributed by atoms with Crippen LogP contribution in [-0.2, 0) is 4.79 Å². The first-order chi connectivity index (χ1) is 19.7. The maximum atomic E-state index is 13.8. The van der Waals surface area contributed by atoms with Gasteiger partial charge in [-0.25, -0.2) is 9.97 Å². The predicted molar refractivity (Wildman–Crippen MR) is 159 cm³/mol. The number of likely N-dealkylation sites (tertiary alicyclic amines) is 1. The Hall–Kier alpha value is -3.76. The van der Waals surface area contributed by atoms with Crippen LogP contribution in [0.25, 0.3) is 22.0 Å². The molecule has 0 bridgehead atoms. The third kappa shape index (κ3) is 5.58. The van der Waals surface area contributed by atoms with E-state index in [9.17, 15) is 4.79 Å². The Morgan fingerprint density at radius 2 is 2.00 bits per heavy atom. The number of nitrogens with zero attached hydrogens (tertiary/aromatic N) is 3. The summed E-state index contributed by atoms with van der Waals surface area (Å²) in [6, 6.07) is 10.8. The minimum Gasteiger partial charge on any atom is -0.494 e. The monoisotopic (exact) mass is 594 g/mol. The number of hydrogen-bond acceptors (Lipinski definition) is 9. The van der Waals surface area contributed by atoms with Gasteiger partial charge in [-0.3, -0.25) is 4.79 Å². The number of nitrogens with one attached hydrogen (secondary N) is 1. The highest BCUT2D eigenvalue weighted by Crippen LogP contribution is 2.38. The molecule has 2 aliphatic rings. The lowest BCUT2D eigenvalue weighted by atomic mass is 9.86. The number of benzene rings is 2. The van der Waals surface area contributed by atoms with Crippen LogP contribution in [0.1, 0.15) is 27.2 Å². The van der Waals surface area contributed by atoms with E-state index >= 15 is 0 Å². The highest BCUT2D eigenvalue weighted by molar-refractivity contribution is 7.14. The van der Waals surface area contributed by atoms with Gasteiger partial charge in [-0.05, 0) is 41.8 Å². The van der Waals surface area contributed by atoms with Crippen LogP contribution >= 0.6 is 22.9 Å². The van der Waals surface area contributed by atoms with E-state index in [0.29, 0.717) is 47.0 Å². The van der Waals surface area contributed by atoms with Crippen LogP contribution in [0.5, 0.6) is 23.1 Å². The summed E-state index contributed by atoms with van der Waals surface area (Å²) in [4.78, 5) is 25.0. The first-order valence-corrected chi connectivity index (χ1v) is 14.6. The molecule has 11 heteroatoms. The molecule has 0 spiro atoms. The van der Waals surface area contributed by atoms with E-state index in [-0.39, 0.29) is 24.2 Å². The van der Waals surface area contributed by atoms with Crippen LogP contribution in [0.2, 0.25) is 5.02 Å². The fourth-order valence-corrected chi connectivity index (χ4v) is 6.01. The molecule has 1 fully saturated rings. The number of halogens is 1. The zero-order valence-electron chi connectivity index (χ0n) is 23.3. The average Bonchev–Trinajstić information content (AvgIpc) is 3.72. The van der Waals surface area contributed by atoms with Crippen molar-refractivity contribution in [3.8, 4) is 34.4 Å². The number of amides is 1. The van der Waals surface area contributed by atoms with Crippen LogP contribution in [0.3, 0.4) is 0 Å². The Labute approximate surface area is 247 Å². The molecular weight excluding hydrogens is 564 g/mol. The molecule has 4 heterocycles. The third-order valence-corrected chi connectivity index (χ3v) is 8.29. The van der Waals surface area contributed by atoms with E-state index in [0.717, 1.165) is 27.8 Å². The molecular formula is C30H31ClN4O5S. The fourth-order valence-electron chi connectivity index (χ4n) is 5.09. The lowest BCUT2D eigenvalue weighted by Crippen LogP contribution is -2.49. The summed E-state index contributed by atoms with van der Waals surface area (Å²) in [7, 11) is 1.61. The van der Waals surface area contributed by atoms with E-state index in [2.05, 4.69) is 31.1 Å². The van der Waals surface area contributed by atoms with Crippen LogP contribution < -0.4 is 24.3 Å². The molecule has 214 valence electrons. The van der Waals surface area contributed by atoms with E-state index in [1.165, 1.54) is 11.3 Å². The van der Waals surface area contributed by atoms with Crippen LogP contribution in [0, 0.1) is 5.41 Å². The number of carbonyl (C=O) groups is 1. The summed E-state index contributed by atoms with van der Waals surface area (Å²) >= 11 is 7.74. The van der Waals surface area contributed by atoms with Crippen molar-refractivity contribution in [2.45, 2.75) is 39.3 Å². The van der Waals surface area contributed by atoms with Crippen molar-refractivity contribution in [3.63, 3.8) is 0 Å². The van der Waals surface area contributed by atoms with Gasteiger partial charge in [0.25, 0.3) is 0 Å². The summed E-state index contributed by atoms with van der Waals surface area (Å²) in [5.41, 5.74) is 1.38. The fraction of sp³-hybridized carbons (Fsp3) is 0.367. The quantitative estimate of drug-likeness (QED) is 0.268.